The highest BCUT2D eigenvalue weighted by Crippen LogP contribution is 2.37. The van der Waals surface area contributed by atoms with Crippen LogP contribution < -0.4 is 10.1 Å². The Morgan fingerprint density at radius 1 is 1.31 bits per heavy atom. The molecule has 2 atom stereocenters. The number of benzene rings is 1. The summed E-state index contributed by atoms with van der Waals surface area (Å²) >= 11 is 0. The van der Waals surface area contributed by atoms with Crippen LogP contribution in [0.1, 0.15) is 33.6 Å². The number of amides is 1. The van der Waals surface area contributed by atoms with Crippen molar-refractivity contribution in [1.29, 1.82) is 0 Å². The summed E-state index contributed by atoms with van der Waals surface area (Å²) in [5.41, 5.74) is 1.95. The molecular formula is C25H32N6O4. The molecule has 1 saturated heterocycles. The maximum Gasteiger partial charge on any atom is 0.410 e. The van der Waals surface area contributed by atoms with Gasteiger partial charge in [-0.15, -0.1) is 0 Å². The molecule has 35 heavy (non-hydrogen) atoms. The Kier molecular flexibility index (Phi) is 6.93. The van der Waals surface area contributed by atoms with E-state index in [1.807, 2.05) is 46.1 Å². The lowest BCUT2D eigenvalue weighted by Gasteiger charge is -2.39. The minimum atomic E-state index is -0.607. The molecular weight excluding hydrogens is 448 g/mol. The lowest BCUT2D eigenvalue weighted by molar-refractivity contribution is -0.0142. The highest BCUT2D eigenvalue weighted by molar-refractivity contribution is 5.97. The van der Waals surface area contributed by atoms with Crippen molar-refractivity contribution in [1.82, 2.24) is 24.6 Å². The average molecular weight is 481 g/mol. The van der Waals surface area contributed by atoms with Gasteiger partial charge in [-0.3, -0.25) is 4.68 Å². The number of aliphatic hydroxyl groups excluding tert-OH is 1. The van der Waals surface area contributed by atoms with Crippen LogP contribution in [0.4, 0.5) is 10.6 Å². The van der Waals surface area contributed by atoms with E-state index in [1.54, 1.807) is 22.0 Å². The first kappa shape index (κ1) is 24.5. The summed E-state index contributed by atoms with van der Waals surface area (Å²) in [7, 11) is 1.86. The molecule has 10 nitrogen and oxygen atoms in total. The molecule has 1 aliphatic rings. The molecule has 0 bridgehead atoms. The second-order valence-corrected chi connectivity index (χ2v) is 9.62. The molecule has 0 saturated carbocycles. The lowest BCUT2D eigenvalue weighted by atomic mass is 9.99. The summed E-state index contributed by atoms with van der Waals surface area (Å²) < 4.78 is 13.8. The molecule has 3 heterocycles. The number of fused-ring (bicyclic) bond motifs is 1. The predicted molar refractivity (Wildman–Crippen MR) is 133 cm³/mol. The normalized spacial score (nSPS) is 18.4. The van der Waals surface area contributed by atoms with Gasteiger partial charge in [0, 0.05) is 38.2 Å². The van der Waals surface area contributed by atoms with Crippen LogP contribution in [-0.2, 0) is 11.8 Å². The Morgan fingerprint density at radius 2 is 2.11 bits per heavy atom. The van der Waals surface area contributed by atoms with Crippen LogP contribution in [-0.4, -0.2) is 66.7 Å². The molecule has 0 aliphatic carbocycles. The summed E-state index contributed by atoms with van der Waals surface area (Å²) in [5, 5.41) is 18.1. The largest absolute Gasteiger partial charge is 0.489 e. The topological polar surface area (TPSA) is 115 Å². The first-order chi connectivity index (χ1) is 16.7. The van der Waals surface area contributed by atoms with Crippen LogP contribution in [0.15, 0.2) is 43.6 Å². The zero-order valence-corrected chi connectivity index (χ0v) is 20.6. The maximum atomic E-state index is 12.7. The molecule has 1 unspecified atom stereocenters. The first-order valence-corrected chi connectivity index (χ1v) is 11.6. The molecule has 1 aliphatic heterocycles. The molecule has 3 aromatic rings. The lowest BCUT2D eigenvalue weighted by Crippen LogP contribution is -2.51. The van der Waals surface area contributed by atoms with Gasteiger partial charge in [0.15, 0.2) is 0 Å². The Labute approximate surface area is 204 Å². The minimum Gasteiger partial charge on any atom is -0.489 e. The number of piperidine rings is 1. The van der Waals surface area contributed by atoms with Crippen LogP contribution in [0.5, 0.6) is 5.75 Å². The Bertz CT molecular complexity index is 1220. The highest BCUT2D eigenvalue weighted by atomic mass is 16.6. The number of rotatable bonds is 6. The van der Waals surface area contributed by atoms with E-state index in [0.29, 0.717) is 36.5 Å². The number of aryl methyl sites for hydroxylation is 1. The van der Waals surface area contributed by atoms with Crippen molar-refractivity contribution in [2.45, 2.75) is 51.4 Å². The molecule has 186 valence electrons. The van der Waals surface area contributed by atoms with Crippen molar-refractivity contribution in [3.63, 3.8) is 0 Å². The molecule has 0 spiro atoms. The molecule has 10 heteroatoms. The van der Waals surface area contributed by atoms with Gasteiger partial charge in [0.1, 0.15) is 29.6 Å². The van der Waals surface area contributed by atoms with E-state index >= 15 is 0 Å². The molecule has 1 aromatic carbocycles. The fourth-order valence-corrected chi connectivity index (χ4v) is 4.22. The maximum absolute atomic E-state index is 12.7. The summed E-state index contributed by atoms with van der Waals surface area (Å²) in [6, 6.07) is 3.51. The standard InChI is InChI=1S/C25H32N6O4/c1-6-26-23-22-20(27-15-28-23)9-16(17-12-29-30(5)13-17)10-21(22)34-19-7-8-31(18(11-19)14-32)24(33)35-25(2,3)4/h6,9-10,12-13,15,18-19,32H,1,7-8,11,14H2,2-5H3,(H,26,27,28)/t18-,19?/m1/s1. The molecule has 1 amide bonds. The second-order valence-electron chi connectivity index (χ2n) is 9.62. The molecule has 2 N–H and O–H groups in total. The number of hydrogen-bond acceptors (Lipinski definition) is 8. The SMILES string of the molecule is C=CNc1ncnc2cc(-c3cnn(C)c3)cc(OC3CCN(C(=O)OC(C)(C)C)[C@@H](CO)C3)c12. The summed E-state index contributed by atoms with van der Waals surface area (Å²) in [6.07, 6.45) is 7.17. The second kappa shape index (κ2) is 9.91. The van der Waals surface area contributed by atoms with Crippen LogP contribution >= 0.6 is 0 Å². The fourth-order valence-electron chi connectivity index (χ4n) is 4.22. The molecule has 0 radical (unpaired) electrons. The van der Waals surface area contributed by atoms with E-state index < -0.39 is 17.7 Å². The Hall–Kier alpha value is -3.66. The Morgan fingerprint density at radius 3 is 2.77 bits per heavy atom. The number of anilines is 1. The summed E-state index contributed by atoms with van der Waals surface area (Å²) in [6.45, 7) is 9.46. The highest BCUT2D eigenvalue weighted by Gasteiger charge is 2.35. The number of ether oxygens (including phenoxy) is 2. The smallest absolute Gasteiger partial charge is 0.410 e. The van der Waals surface area contributed by atoms with E-state index in [0.717, 1.165) is 16.5 Å². The Balaban J connectivity index is 1.65. The number of aromatic nitrogens is 4. The third-order valence-electron chi connectivity index (χ3n) is 5.78. The van der Waals surface area contributed by atoms with Crippen molar-refractivity contribution >= 4 is 22.8 Å². The number of nitrogens with one attached hydrogen (secondary N) is 1. The molecule has 4 rings (SSSR count). The van der Waals surface area contributed by atoms with Crippen LogP contribution in [0, 0.1) is 0 Å². The fraction of sp³-hybridized carbons (Fsp3) is 0.440. The van der Waals surface area contributed by atoms with Gasteiger partial charge < -0.3 is 24.8 Å². The van der Waals surface area contributed by atoms with Gasteiger partial charge in [0.2, 0.25) is 0 Å². The number of hydrogen-bond donors (Lipinski definition) is 2. The van der Waals surface area contributed by atoms with Gasteiger partial charge >= 0.3 is 6.09 Å². The van der Waals surface area contributed by atoms with Crippen LogP contribution in [0.3, 0.4) is 0 Å². The number of likely N-dealkylation sites (tertiary alicyclic amines) is 1. The van der Waals surface area contributed by atoms with Gasteiger partial charge in [0.05, 0.1) is 29.7 Å². The van der Waals surface area contributed by atoms with Crippen molar-refractivity contribution in [2.75, 3.05) is 18.5 Å². The number of carbonyl (C=O) groups is 1. The third-order valence-corrected chi connectivity index (χ3v) is 5.78. The van der Waals surface area contributed by atoms with E-state index in [4.69, 9.17) is 9.47 Å². The zero-order chi connectivity index (χ0) is 25.2. The third kappa shape index (κ3) is 5.54. The summed E-state index contributed by atoms with van der Waals surface area (Å²) in [4.78, 5) is 23.1. The van der Waals surface area contributed by atoms with E-state index in [2.05, 4.69) is 27.0 Å². The van der Waals surface area contributed by atoms with Gasteiger partial charge in [0.25, 0.3) is 0 Å². The van der Waals surface area contributed by atoms with Crippen molar-refractivity contribution in [3.8, 4) is 16.9 Å². The minimum absolute atomic E-state index is 0.179. The van der Waals surface area contributed by atoms with Crippen molar-refractivity contribution in [3.05, 3.63) is 43.6 Å². The van der Waals surface area contributed by atoms with E-state index in [1.165, 1.54) is 6.33 Å². The van der Waals surface area contributed by atoms with E-state index in [9.17, 15) is 9.90 Å². The van der Waals surface area contributed by atoms with Gasteiger partial charge in [-0.05, 0) is 44.7 Å². The number of nitrogens with zero attached hydrogens (tertiary/aromatic N) is 5. The number of carbonyl (C=O) groups excluding carboxylic acids is 1. The van der Waals surface area contributed by atoms with Crippen LogP contribution in [0.25, 0.3) is 22.0 Å². The quantitative estimate of drug-likeness (QED) is 0.549. The van der Waals surface area contributed by atoms with Gasteiger partial charge in [-0.1, -0.05) is 6.58 Å². The van der Waals surface area contributed by atoms with Crippen molar-refractivity contribution in [2.24, 2.45) is 7.05 Å². The van der Waals surface area contributed by atoms with Crippen LogP contribution in [0.2, 0.25) is 0 Å². The molecule has 1 fully saturated rings. The van der Waals surface area contributed by atoms with Crippen molar-refractivity contribution < 1.29 is 19.4 Å². The summed E-state index contributed by atoms with van der Waals surface area (Å²) in [5.74, 6) is 1.20. The zero-order valence-electron chi connectivity index (χ0n) is 20.6. The van der Waals surface area contributed by atoms with E-state index in [-0.39, 0.29) is 12.7 Å². The molecule has 2 aromatic heterocycles. The first-order valence-electron chi connectivity index (χ1n) is 11.6. The monoisotopic (exact) mass is 480 g/mol. The van der Waals surface area contributed by atoms with Gasteiger partial charge in [-0.2, -0.15) is 5.10 Å². The average Bonchev–Trinajstić information content (AvgIpc) is 3.24. The van der Waals surface area contributed by atoms with Gasteiger partial charge in [-0.25, -0.2) is 14.8 Å². The predicted octanol–water partition coefficient (Wildman–Crippen LogP) is 3.72. The number of aliphatic hydroxyl groups is 1.